The molecule has 0 bridgehead atoms. The summed E-state index contributed by atoms with van der Waals surface area (Å²) in [7, 11) is -0.622. The van der Waals surface area contributed by atoms with E-state index in [2.05, 4.69) is 10.3 Å². The predicted octanol–water partition coefficient (Wildman–Crippen LogP) is 2.32. The first-order valence-electron chi connectivity index (χ1n) is 7.60. The lowest BCUT2D eigenvalue weighted by Gasteiger charge is -2.13. The maximum absolute atomic E-state index is 12.3. The molecule has 1 amide bonds. The second-order valence-electron chi connectivity index (χ2n) is 5.56. The third kappa shape index (κ3) is 4.82. The van der Waals surface area contributed by atoms with Crippen molar-refractivity contribution in [3.8, 4) is 6.07 Å². The van der Waals surface area contributed by atoms with Crippen LogP contribution in [-0.4, -0.2) is 43.0 Å². The van der Waals surface area contributed by atoms with E-state index in [0.717, 1.165) is 4.31 Å². The summed E-state index contributed by atoms with van der Waals surface area (Å²) in [6.07, 6.45) is 1.28. The number of thioether (sulfide) groups is 1. The van der Waals surface area contributed by atoms with Crippen molar-refractivity contribution < 1.29 is 13.2 Å². The smallest absolute Gasteiger partial charge is 0.244 e. The third-order valence-corrected chi connectivity index (χ3v) is 6.29. The number of nitrogens with one attached hydrogen (secondary N) is 1. The molecule has 1 aromatic carbocycles. The van der Waals surface area contributed by atoms with Crippen molar-refractivity contribution in [2.45, 2.75) is 22.1 Å². The molecule has 1 aromatic heterocycles. The zero-order valence-corrected chi connectivity index (χ0v) is 16.1. The normalized spacial score (nSPS) is 12.4. The third-order valence-electron chi connectivity index (χ3n) is 3.44. The van der Waals surface area contributed by atoms with Crippen molar-refractivity contribution in [3.63, 3.8) is 0 Å². The molecule has 0 aliphatic heterocycles. The molecule has 2 aromatic rings. The zero-order valence-electron chi connectivity index (χ0n) is 14.5. The molecule has 1 N–H and O–H groups in total. The number of amides is 1. The van der Waals surface area contributed by atoms with E-state index in [9.17, 15) is 13.2 Å². The lowest BCUT2D eigenvalue weighted by Crippen LogP contribution is -2.23. The van der Waals surface area contributed by atoms with E-state index < -0.39 is 15.3 Å². The van der Waals surface area contributed by atoms with Gasteiger partial charge in [0.1, 0.15) is 4.90 Å². The van der Waals surface area contributed by atoms with Gasteiger partial charge in [-0.2, -0.15) is 5.26 Å². The minimum absolute atomic E-state index is 0.0986. The fraction of sp³-hybridized carbons (Fsp3) is 0.235. The van der Waals surface area contributed by atoms with E-state index in [4.69, 9.17) is 5.26 Å². The summed E-state index contributed by atoms with van der Waals surface area (Å²) in [6, 6.07) is 11.6. The van der Waals surface area contributed by atoms with Crippen LogP contribution in [-0.2, 0) is 14.8 Å². The standard InChI is InChI=1S/C17H18N4O3S2/c1-12(17(22)20-14-6-4-13(10-18)5-7-14)25-16-9-8-15(11-19-16)26(23,24)21(2)3/h4-9,11-12H,1-3H3,(H,20,22)/t12-/m1/s1. The van der Waals surface area contributed by atoms with E-state index in [1.54, 1.807) is 37.3 Å². The summed E-state index contributed by atoms with van der Waals surface area (Å²) in [4.78, 5) is 16.5. The summed E-state index contributed by atoms with van der Waals surface area (Å²) in [5, 5.41) is 11.6. The van der Waals surface area contributed by atoms with E-state index in [-0.39, 0.29) is 10.8 Å². The Morgan fingerprint density at radius 3 is 2.38 bits per heavy atom. The molecule has 0 aliphatic rings. The molecule has 9 heteroatoms. The molecule has 0 saturated carbocycles. The average Bonchev–Trinajstić information content (AvgIpc) is 2.62. The summed E-state index contributed by atoms with van der Waals surface area (Å²) in [5.41, 5.74) is 1.12. The van der Waals surface area contributed by atoms with Gasteiger partial charge < -0.3 is 5.32 Å². The van der Waals surface area contributed by atoms with Crippen LogP contribution in [0, 0.1) is 11.3 Å². The first-order chi connectivity index (χ1) is 12.2. The van der Waals surface area contributed by atoms with Gasteiger partial charge >= 0.3 is 0 Å². The highest BCUT2D eigenvalue weighted by molar-refractivity contribution is 8.00. The first kappa shape index (κ1) is 19.9. The molecule has 0 aliphatic carbocycles. The number of pyridine rings is 1. The highest BCUT2D eigenvalue weighted by Crippen LogP contribution is 2.24. The van der Waals surface area contributed by atoms with E-state index >= 15 is 0 Å². The van der Waals surface area contributed by atoms with Gasteiger partial charge in [-0.05, 0) is 43.3 Å². The molecule has 0 unspecified atom stereocenters. The molecular formula is C17H18N4O3S2. The fourth-order valence-corrected chi connectivity index (χ4v) is 3.54. The first-order valence-corrected chi connectivity index (χ1v) is 9.92. The predicted molar refractivity (Wildman–Crippen MR) is 100 cm³/mol. The van der Waals surface area contributed by atoms with Gasteiger partial charge in [0.05, 0.1) is 21.9 Å². The van der Waals surface area contributed by atoms with Crippen LogP contribution in [0.1, 0.15) is 12.5 Å². The van der Waals surface area contributed by atoms with Gasteiger partial charge in [0.2, 0.25) is 15.9 Å². The van der Waals surface area contributed by atoms with E-state index in [1.807, 2.05) is 6.07 Å². The number of nitrogens with zero attached hydrogens (tertiary/aromatic N) is 3. The van der Waals surface area contributed by atoms with Crippen molar-refractivity contribution in [1.29, 1.82) is 5.26 Å². The Morgan fingerprint density at radius 2 is 1.88 bits per heavy atom. The number of hydrogen-bond donors (Lipinski definition) is 1. The molecule has 0 fully saturated rings. The highest BCUT2D eigenvalue weighted by Gasteiger charge is 2.19. The second kappa shape index (κ2) is 8.31. The van der Waals surface area contributed by atoms with Gasteiger partial charge in [-0.3, -0.25) is 4.79 Å². The number of rotatable bonds is 6. The topological polar surface area (TPSA) is 103 Å². The average molecular weight is 390 g/mol. The maximum Gasteiger partial charge on any atom is 0.244 e. The SMILES string of the molecule is C[C@@H](Sc1ccc(S(=O)(=O)N(C)C)cn1)C(=O)Nc1ccc(C#N)cc1. The van der Waals surface area contributed by atoms with Gasteiger partial charge in [0.25, 0.3) is 0 Å². The number of hydrogen-bond acceptors (Lipinski definition) is 6. The molecular weight excluding hydrogens is 372 g/mol. The largest absolute Gasteiger partial charge is 0.325 e. The van der Waals surface area contributed by atoms with Crippen molar-refractivity contribution >= 4 is 33.4 Å². The van der Waals surface area contributed by atoms with Crippen LogP contribution in [0.5, 0.6) is 0 Å². The van der Waals surface area contributed by atoms with Gasteiger partial charge in [0.15, 0.2) is 0 Å². The minimum atomic E-state index is -3.53. The van der Waals surface area contributed by atoms with Crippen LogP contribution >= 0.6 is 11.8 Å². The highest BCUT2D eigenvalue weighted by atomic mass is 32.2. The summed E-state index contributed by atoms with van der Waals surface area (Å²) < 4.78 is 25.2. The number of benzene rings is 1. The Bertz CT molecular complexity index is 918. The molecule has 7 nitrogen and oxygen atoms in total. The van der Waals surface area contributed by atoms with E-state index in [0.29, 0.717) is 16.3 Å². The Kier molecular flexibility index (Phi) is 6.37. The van der Waals surface area contributed by atoms with Gasteiger partial charge in [-0.25, -0.2) is 17.7 Å². The molecule has 1 heterocycles. The summed E-state index contributed by atoms with van der Waals surface area (Å²) >= 11 is 1.22. The summed E-state index contributed by atoms with van der Waals surface area (Å²) in [6.45, 7) is 1.73. The maximum atomic E-state index is 12.3. The number of nitriles is 1. The molecule has 2 rings (SSSR count). The van der Waals surface area contributed by atoms with Crippen LogP contribution in [0.2, 0.25) is 0 Å². The Hall–Kier alpha value is -2.41. The fourth-order valence-electron chi connectivity index (χ4n) is 1.91. The molecule has 26 heavy (non-hydrogen) atoms. The molecule has 0 radical (unpaired) electrons. The molecule has 1 atom stereocenters. The van der Waals surface area contributed by atoms with Gasteiger partial charge in [-0.1, -0.05) is 11.8 Å². The molecule has 0 spiro atoms. The number of carbonyl (C=O) groups is 1. The number of carbonyl (C=O) groups excluding carboxylic acids is 1. The Labute approximate surface area is 157 Å². The monoisotopic (exact) mass is 390 g/mol. The second-order valence-corrected chi connectivity index (χ2v) is 9.07. The van der Waals surface area contributed by atoms with Crippen molar-refractivity contribution in [3.05, 3.63) is 48.2 Å². The minimum Gasteiger partial charge on any atom is -0.325 e. The Balaban J connectivity index is 2.01. The van der Waals surface area contributed by atoms with Crippen molar-refractivity contribution in [1.82, 2.24) is 9.29 Å². The van der Waals surface area contributed by atoms with Crippen LogP contribution in [0.25, 0.3) is 0 Å². The van der Waals surface area contributed by atoms with Crippen molar-refractivity contribution in [2.24, 2.45) is 0 Å². The van der Waals surface area contributed by atoms with Crippen LogP contribution in [0.4, 0.5) is 5.69 Å². The molecule has 136 valence electrons. The summed E-state index contributed by atoms with van der Waals surface area (Å²) in [5.74, 6) is -0.216. The van der Waals surface area contributed by atoms with Crippen LogP contribution in [0.3, 0.4) is 0 Å². The number of aromatic nitrogens is 1. The van der Waals surface area contributed by atoms with Crippen LogP contribution in [0.15, 0.2) is 52.5 Å². The lowest BCUT2D eigenvalue weighted by molar-refractivity contribution is -0.115. The lowest BCUT2D eigenvalue weighted by atomic mass is 10.2. The zero-order chi connectivity index (χ0) is 19.3. The van der Waals surface area contributed by atoms with E-state index in [1.165, 1.54) is 38.1 Å². The van der Waals surface area contributed by atoms with Crippen molar-refractivity contribution in [2.75, 3.05) is 19.4 Å². The quantitative estimate of drug-likeness (QED) is 0.759. The van der Waals surface area contributed by atoms with Gasteiger partial charge in [-0.15, -0.1) is 0 Å². The number of sulfonamides is 1. The molecule has 0 saturated heterocycles. The Morgan fingerprint density at radius 1 is 1.23 bits per heavy atom. The van der Waals surface area contributed by atoms with Gasteiger partial charge in [0, 0.05) is 26.0 Å². The number of anilines is 1. The van der Waals surface area contributed by atoms with Crippen LogP contribution < -0.4 is 5.32 Å².